The van der Waals surface area contributed by atoms with E-state index in [1.165, 1.54) is 0 Å². The number of rotatable bonds is 2. The average molecular weight is 208 g/mol. The summed E-state index contributed by atoms with van der Waals surface area (Å²) in [6, 6.07) is 5.27. The summed E-state index contributed by atoms with van der Waals surface area (Å²) in [5.74, 6) is -0.125. The highest BCUT2D eigenvalue weighted by atomic mass is 19.1. The van der Waals surface area contributed by atoms with Crippen LogP contribution in [0.1, 0.15) is 11.1 Å². The zero-order valence-electron chi connectivity index (χ0n) is 9.09. The molecule has 1 aliphatic rings. The van der Waals surface area contributed by atoms with Crippen LogP contribution in [0, 0.1) is 12.7 Å². The fraction of sp³-hybridized carbons (Fsp3) is 0.500. The van der Waals surface area contributed by atoms with Crippen LogP contribution in [0.2, 0.25) is 0 Å². The van der Waals surface area contributed by atoms with E-state index < -0.39 is 0 Å². The van der Waals surface area contributed by atoms with Crippen molar-refractivity contribution in [1.29, 1.82) is 0 Å². The molecule has 0 radical (unpaired) electrons. The number of halogens is 1. The maximum atomic E-state index is 13.2. The minimum Gasteiger partial charge on any atom is -0.314 e. The molecular weight excluding hydrogens is 191 g/mol. The summed E-state index contributed by atoms with van der Waals surface area (Å²) < 4.78 is 13.2. The molecule has 2 rings (SSSR count). The van der Waals surface area contributed by atoms with Crippen LogP contribution in [0.5, 0.6) is 0 Å². The van der Waals surface area contributed by atoms with Crippen molar-refractivity contribution in [2.24, 2.45) is 0 Å². The lowest BCUT2D eigenvalue weighted by atomic mass is 10.1. The molecular formula is C12H17FN2. The summed E-state index contributed by atoms with van der Waals surface area (Å²) in [7, 11) is 0. The van der Waals surface area contributed by atoms with Gasteiger partial charge < -0.3 is 5.32 Å². The first-order valence-electron chi connectivity index (χ1n) is 5.43. The van der Waals surface area contributed by atoms with Crippen molar-refractivity contribution in [3.8, 4) is 0 Å². The SMILES string of the molecule is Cc1cc(F)cc(CN2CCNCC2)c1. The lowest BCUT2D eigenvalue weighted by Gasteiger charge is -2.27. The highest BCUT2D eigenvalue weighted by Crippen LogP contribution is 2.11. The van der Waals surface area contributed by atoms with Gasteiger partial charge in [0.1, 0.15) is 5.82 Å². The predicted molar refractivity (Wildman–Crippen MR) is 59.3 cm³/mol. The highest BCUT2D eigenvalue weighted by molar-refractivity contribution is 5.23. The molecule has 1 aromatic rings. The highest BCUT2D eigenvalue weighted by Gasteiger charge is 2.10. The van der Waals surface area contributed by atoms with Gasteiger partial charge in [-0.1, -0.05) is 6.07 Å². The normalized spacial score (nSPS) is 18.0. The number of hydrogen-bond donors (Lipinski definition) is 1. The Hall–Kier alpha value is -0.930. The number of aryl methyl sites for hydroxylation is 1. The first kappa shape index (κ1) is 10.6. The van der Waals surface area contributed by atoms with Crippen LogP contribution in [0.3, 0.4) is 0 Å². The molecule has 1 aromatic carbocycles. The van der Waals surface area contributed by atoms with Gasteiger partial charge in [-0.05, 0) is 30.2 Å². The number of piperazine rings is 1. The molecule has 0 unspecified atom stereocenters. The van der Waals surface area contributed by atoms with E-state index in [9.17, 15) is 4.39 Å². The van der Waals surface area contributed by atoms with Gasteiger partial charge in [-0.3, -0.25) is 4.90 Å². The molecule has 0 saturated carbocycles. The summed E-state index contributed by atoms with van der Waals surface area (Å²) in [6.45, 7) is 6.97. The fourth-order valence-electron chi connectivity index (χ4n) is 2.03. The van der Waals surface area contributed by atoms with E-state index in [0.29, 0.717) is 0 Å². The number of nitrogens with one attached hydrogen (secondary N) is 1. The van der Waals surface area contributed by atoms with Crippen molar-refractivity contribution in [3.05, 3.63) is 35.1 Å². The lowest BCUT2D eigenvalue weighted by Crippen LogP contribution is -2.42. The second-order valence-electron chi connectivity index (χ2n) is 4.16. The minimum atomic E-state index is -0.125. The lowest BCUT2D eigenvalue weighted by molar-refractivity contribution is 0.233. The van der Waals surface area contributed by atoms with Crippen LogP contribution in [-0.2, 0) is 6.54 Å². The van der Waals surface area contributed by atoms with Crippen molar-refractivity contribution >= 4 is 0 Å². The van der Waals surface area contributed by atoms with Crippen molar-refractivity contribution in [2.75, 3.05) is 26.2 Å². The Morgan fingerprint density at radius 3 is 2.67 bits per heavy atom. The monoisotopic (exact) mass is 208 g/mol. The molecule has 0 aromatic heterocycles. The van der Waals surface area contributed by atoms with Crippen LogP contribution in [0.4, 0.5) is 4.39 Å². The third kappa shape index (κ3) is 3.01. The standard InChI is InChI=1S/C12H17FN2/c1-10-6-11(8-12(13)7-10)9-15-4-2-14-3-5-15/h6-8,14H,2-5,9H2,1H3. The second-order valence-corrected chi connectivity index (χ2v) is 4.16. The molecule has 3 heteroatoms. The Balaban J connectivity index is 2.02. The van der Waals surface area contributed by atoms with Gasteiger partial charge >= 0.3 is 0 Å². The van der Waals surface area contributed by atoms with E-state index in [4.69, 9.17) is 0 Å². The maximum Gasteiger partial charge on any atom is 0.123 e. The van der Waals surface area contributed by atoms with E-state index >= 15 is 0 Å². The van der Waals surface area contributed by atoms with E-state index in [2.05, 4.69) is 16.3 Å². The minimum absolute atomic E-state index is 0.125. The maximum absolute atomic E-state index is 13.2. The zero-order valence-corrected chi connectivity index (χ0v) is 9.09. The van der Waals surface area contributed by atoms with E-state index in [1.54, 1.807) is 12.1 Å². The summed E-state index contributed by atoms with van der Waals surface area (Å²) in [6.07, 6.45) is 0. The smallest absolute Gasteiger partial charge is 0.123 e. The molecule has 1 fully saturated rings. The molecule has 15 heavy (non-hydrogen) atoms. The summed E-state index contributed by atoms with van der Waals surface area (Å²) in [5, 5.41) is 3.31. The van der Waals surface area contributed by atoms with Gasteiger partial charge in [0.25, 0.3) is 0 Å². The summed E-state index contributed by atoms with van der Waals surface area (Å²) in [5.41, 5.74) is 2.08. The summed E-state index contributed by atoms with van der Waals surface area (Å²) in [4.78, 5) is 2.35. The van der Waals surface area contributed by atoms with Crippen molar-refractivity contribution in [3.63, 3.8) is 0 Å². The van der Waals surface area contributed by atoms with Gasteiger partial charge in [0, 0.05) is 32.7 Å². The molecule has 1 aliphatic heterocycles. The Morgan fingerprint density at radius 1 is 1.27 bits per heavy atom. The zero-order chi connectivity index (χ0) is 10.7. The molecule has 0 atom stereocenters. The van der Waals surface area contributed by atoms with E-state index in [0.717, 1.165) is 43.9 Å². The van der Waals surface area contributed by atoms with Gasteiger partial charge in [0.15, 0.2) is 0 Å². The number of benzene rings is 1. The quantitative estimate of drug-likeness (QED) is 0.793. The fourth-order valence-corrected chi connectivity index (χ4v) is 2.03. The van der Waals surface area contributed by atoms with Crippen LogP contribution in [-0.4, -0.2) is 31.1 Å². The van der Waals surface area contributed by atoms with E-state index in [-0.39, 0.29) is 5.82 Å². The second kappa shape index (κ2) is 4.73. The Kier molecular flexibility index (Phi) is 3.34. The first-order valence-corrected chi connectivity index (χ1v) is 5.43. The van der Waals surface area contributed by atoms with Crippen molar-refractivity contribution in [2.45, 2.75) is 13.5 Å². The van der Waals surface area contributed by atoms with Gasteiger partial charge in [0.2, 0.25) is 0 Å². The van der Waals surface area contributed by atoms with Crippen LogP contribution in [0.15, 0.2) is 18.2 Å². The third-order valence-corrected chi connectivity index (χ3v) is 2.72. The molecule has 0 bridgehead atoms. The topological polar surface area (TPSA) is 15.3 Å². The first-order chi connectivity index (χ1) is 7.24. The Labute approximate surface area is 90.1 Å². The van der Waals surface area contributed by atoms with Crippen molar-refractivity contribution < 1.29 is 4.39 Å². The van der Waals surface area contributed by atoms with Gasteiger partial charge in [0.05, 0.1) is 0 Å². The molecule has 1 heterocycles. The number of hydrogen-bond acceptors (Lipinski definition) is 2. The largest absolute Gasteiger partial charge is 0.314 e. The molecule has 0 amide bonds. The average Bonchev–Trinajstić information content (AvgIpc) is 2.17. The predicted octanol–water partition coefficient (Wildman–Crippen LogP) is 1.54. The number of nitrogens with zero attached hydrogens (tertiary/aromatic N) is 1. The molecule has 82 valence electrons. The Morgan fingerprint density at radius 2 is 2.00 bits per heavy atom. The van der Waals surface area contributed by atoms with Gasteiger partial charge in [-0.2, -0.15) is 0 Å². The third-order valence-electron chi connectivity index (χ3n) is 2.72. The summed E-state index contributed by atoms with van der Waals surface area (Å²) >= 11 is 0. The van der Waals surface area contributed by atoms with Gasteiger partial charge in [-0.25, -0.2) is 4.39 Å². The molecule has 0 aliphatic carbocycles. The van der Waals surface area contributed by atoms with Gasteiger partial charge in [-0.15, -0.1) is 0 Å². The van der Waals surface area contributed by atoms with Crippen LogP contribution >= 0.6 is 0 Å². The van der Waals surface area contributed by atoms with Crippen LogP contribution in [0.25, 0.3) is 0 Å². The molecule has 1 saturated heterocycles. The molecule has 0 spiro atoms. The van der Waals surface area contributed by atoms with Crippen LogP contribution < -0.4 is 5.32 Å². The molecule has 1 N–H and O–H groups in total. The van der Waals surface area contributed by atoms with E-state index in [1.807, 2.05) is 6.92 Å². The molecule has 2 nitrogen and oxygen atoms in total. The Bertz CT molecular complexity index is 312. The van der Waals surface area contributed by atoms with Crippen molar-refractivity contribution in [1.82, 2.24) is 10.2 Å².